The van der Waals surface area contributed by atoms with Crippen LogP contribution in [-0.2, 0) is 35.2 Å². The van der Waals surface area contributed by atoms with Gasteiger partial charge < -0.3 is 23.7 Å². The molecule has 6 rings (SSSR count). The van der Waals surface area contributed by atoms with Gasteiger partial charge in [-0.3, -0.25) is 0 Å². The van der Waals surface area contributed by atoms with Crippen molar-refractivity contribution in [2.24, 2.45) is 23.7 Å². The highest BCUT2D eigenvalue weighted by Gasteiger charge is 2.69. The van der Waals surface area contributed by atoms with Crippen LogP contribution >= 0.6 is 0 Å². The normalized spacial score (nSPS) is 40.1. The summed E-state index contributed by atoms with van der Waals surface area (Å²) < 4.78 is 25.0. The molecule has 1 aromatic carbocycles. The van der Waals surface area contributed by atoms with Crippen molar-refractivity contribution in [3.05, 3.63) is 29.8 Å². The van der Waals surface area contributed by atoms with E-state index in [0.717, 1.165) is 43.4 Å². The second-order valence-corrected chi connectivity index (χ2v) is 11.2. The van der Waals surface area contributed by atoms with Crippen LogP contribution in [0.3, 0.4) is 0 Å². The van der Waals surface area contributed by atoms with Crippen LogP contribution < -0.4 is 4.74 Å². The van der Waals surface area contributed by atoms with Crippen molar-refractivity contribution in [1.82, 2.24) is 0 Å². The van der Waals surface area contributed by atoms with Gasteiger partial charge in [0.2, 0.25) is 5.79 Å². The minimum atomic E-state index is -0.766. The highest BCUT2D eigenvalue weighted by Crippen LogP contribution is 2.60. The molecular weight excluding hydrogens is 448 g/mol. The van der Waals surface area contributed by atoms with Crippen molar-refractivity contribution >= 4 is 5.78 Å². The summed E-state index contributed by atoms with van der Waals surface area (Å²) in [6.07, 6.45) is 5.38. The van der Waals surface area contributed by atoms with Crippen LogP contribution in [0.2, 0.25) is 0 Å². The first-order valence-electron chi connectivity index (χ1n) is 13.3. The molecule has 1 unspecified atom stereocenters. The molecule has 0 N–H and O–H groups in total. The first kappa shape index (κ1) is 25.2. The lowest BCUT2D eigenvalue weighted by atomic mass is 9.58. The number of rotatable bonds is 9. The van der Waals surface area contributed by atoms with Gasteiger partial charge in [0.15, 0.2) is 18.2 Å². The Morgan fingerprint density at radius 3 is 2.63 bits per heavy atom. The van der Waals surface area contributed by atoms with Crippen molar-refractivity contribution in [2.45, 2.75) is 96.6 Å². The molecule has 8 atom stereocenters. The predicted molar refractivity (Wildman–Crippen MR) is 128 cm³/mol. The molecule has 4 heterocycles. The first-order valence-corrected chi connectivity index (χ1v) is 13.3. The van der Waals surface area contributed by atoms with E-state index in [0.29, 0.717) is 31.5 Å². The lowest BCUT2D eigenvalue weighted by Gasteiger charge is -2.60. The van der Waals surface area contributed by atoms with Gasteiger partial charge in [0.25, 0.3) is 0 Å². The highest BCUT2D eigenvalue weighted by atomic mass is 17.3. The summed E-state index contributed by atoms with van der Waals surface area (Å²) in [6.45, 7) is 9.21. The van der Waals surface area contributed by atoms with E-state index in [1.807, 2.05) is 31.2 Å². The number of carbonyl (C=O) groups is 1. The molecule has 1 aliphatic carbocycles. The van der Waals surface area contributed by atoms with E-state index in [1.165, 1.54) is 6.42 Å². The number of aryl methyl sites for hydroxylation is 1. The first-order chi connectivity index (χ1) is 16.8. The van der Waals surface area contributed by atoms with Gasteiger partial charge in [-0.1, -0.05) is 26.0 Å². The molecule has 7 nitrogen and oxygen atoms in total. The summed E-state index contributed by atoms with van der Waals surface area (Å²) in [5.74, 6) is 1.64. The molecule has 1 saturated carbocycles. The second kappa shape index (κ2) is 10.1. The van der Waals surface area contributed by atoms with Gasteiger partial charge in [-0.2, -0.15) is 0 Å². The Morgan fingerprint density at radius 1 is 1.06 bits per heavy atom. The number of ether oxygens (including phenoxy) is 4. The van der Waals surface area contributed by atoms with Gasteiger partial charge in [-0.05, 0) is 69.1 Å². The van der Waals surface area contributed by atoms with Crippen molar-refractivity contribution in [3.8, 4) is 5.75 Å². The molecule has 5 fully saturated rings. The molecule has 5 aliphatic rings. The fourth-order valence-electron chi connectivity index (χ4n) is 6.58. The second-order valence-electron chi connectivity index (χ2n) is 11.2. The lowest BCUT2D eigenvalue weighted by molar-refractivity contribution is -0.577. The Labute approximate surface area is 208 Å². The van der Waals surface area contributed by atoms with E-state index in [4.69, 9.17) is 28.7 Å². The van der Waals surface area contributed by atoms with Crippen molar-refractivity contribution < 1.29 is 33.5 Å². The Balaban J connectivity index is 1.14. The van der Waals surface area contributed by atoms with Crippen LogP contribution in [-0.4, -0.2) is 43.0 Å². The summed E-state index contributed by atoms with van der Waals surface area (Å²) in [4.78, 5) is 23.2. The van der Waals surface area contributed by atoms with E-state index in [2.05, 4.69) is 13.8 Å². The lowest BCUT2D eigenvalue weighted by Crippen LogP contribution is -2.70. The number of hydrogen-bond donors (Lipinski definition) is 0. The number of benzene rings is 1. The number of Topliss-reactive ketones (excluding diaryl/α,β-unsaturated/α-hetero) is 1. The van der Waals surface area contributed by atoms with Gasteiger partial charge >= 0.3 is 0 Å². The Kier molecular flexibility index (Phi) is 7.26. The monoisotopic (exact) mass is 488 g/mol. The number of fused-ring (bicyclic) bond motifs is 2. The molecule has 4 saturated heterocycles. The number of ketones is 1. The van der Waals surface area contributed by atoms with Gasteiger partial charge in [-0.25, -0.2) is 9.78 Å². The van der Waals surface area contributed by atoms with Gasteiger partial charge in [-0.15, -0.1) is 0 Å². The van der Waals surface area contributed by atoms with E-state index in [-0.39, 0.29) is 23.9 Å². The third-order valence-electron chi connectivity index (χ3n) is 8.63. The number of hydrogen-bond acceptors (Lipinski definition) is 7. The summed E-state index contributed by atoms with van der Waals surface area (Å²) in [5, 5.41) is 0. The molecule has 0 aromatic heterocycles. The van der Waals surface area contributed by atoms with Gasteiger partial charge in [0.05, 0.1) is 13.2 Å². The predicted octanol–water partition coefficient (Wildman–Crippen LogP) is 5.20. The zero-order chi connectivity index (χ0) is 24.6. The Bertz CT molecular complexity index is 888. The third-order valence-corrected chi connectivity index (χ3v) is 8.63. The van der Waals surface area contributed by atoms with Gasteiger partial charge in [0.1, 0.15) is 11.5 Å². The SMILES string of the molecule is CC(=O)CCc1ccc(OCCCO[C@H]2O[C@@H]3O[C@@]4(C)CCC5[C@H](C)CC[C@@H]([C@H]2C)[C@]53OO4)cc1. The third kappa shape index (κ3) is 4.90. The van der Waals surface area contributed by atoms with Crippen LogP contribution in [0.5, 0.6) is 5.75 Å². The maximum atomic E-state index is 11.2. The molecule has 194 valence electrons. The Morgan fingerprint density at radius 2 is 1.86 bits per heavy atom. The van der Waals surface area contributed by atoms with Crippen LogP contribution in [0.15, 0.2) is 24.3 Å². The van der Waals surface area contributed by atoms with Gasteiger partial charge in [0, 0.05) is 31.1 Å². The van der Waals surface area contributed by atoms with Crippen LogP contribution in [0.1, 0.15) is 71.8 Å². The summed E-state index contributed by atoms with van der Waals surface area (Å²) in [7, 11) is 0. The number of carbonyl (C=O) groups excluding carboxylic acids is 1. The molecule has 1 spiro atoms. The molecule has 0 radical (unpaired) electrons. The molecule has 35 heavy (non-hydrogen) atoms. The van der Waals surface area contributed by atoms with Crippen molar-refractivity contribution in [2.75, 3.05) is 13.2 Å². The summed E-state index contributed by atoms with van der Waals surface area (Å²) in [6, 6.07) is 7.97. The molecule has 7 heteroatoms. The van der Waals surface area contributed by atoms with E-state index >= 15 is 0 Å². The average molecular weight is 489 g/mol. The Hall–Kier alpha value is -1.51. The van der Waals surface area contributed by atoms with E-state index < -0.39 is 17.7 Å². The average Bonchev–Trinajstić information content (AvgIpc) is 3.07. The quantitative estimate of drug-likeness (QED) is 0.349. The zero-order valence-corrected chi connectivity index (χ0v) is 21.5. The summed E-state index contributed by atoms with van der Waals surface area (Å²) >= 11 is 0. The minimum Gasteiger partial charge on any atom is -0.494 e. The maximum Gasteiger partial charge on any atom is 0.201 e. The van der Waals surface area contributed by atoms with E-state index in [9.17, 15) is 4.79 Å². The van der Waals surface area contributed by atoms with Crippen LogP contribution in [0.25, 0.3) is 0 Å². The largest absolute Gasteiger partial charge is 0.494 e. The minimum absolute atomic E-state index is 0.180. The molecule has 1 aromatic rings. The molecule has 0 amide bonds. The topological polar surface area (TPSA) is 72.5 Å². The maximum absolute atomic E-state index is 11.2. The summed E-state index contributed by atoms with van der Waals surface area (Å²) in [5.41, 5.74) is 0.598. The van der Waals surface area contributed by atoms with Crippen molar-refractivity contribution in [1.29, 1.82) is 0 Å². The fourth-order valence-corrected chi connectivity index (χ4v) is 6.58. The highest BCUT2D eigenvalue weighted by molar-refractivity contribution is 5.75. The standard InChI is InChI=1S/C28H40O7/c1-18-6-13-24-20(3)25(32-26-28(24)23(18)14-15-27(4,33-26)34-35-28)31-17-5-16-30-22-11-9-21(10-12-22)8-7-19(2)29/h9-12,18,20,23-26H,5-8,13-17H2,1-4H3/t18-,20-,23?,24+,25+,26-,27-,28-/m1/s1. The van der Waals surface area contributed by atoms with Crippen LogP contribution in [0.4, 0.5) is 0 Å². The molecule has 2 bridgehead atoms. The smallest absolute Gasteiger partial charge is 0.201 e. The fraction of sp³-hybridized carbons (Fsp3) is 0.750. The molecule has 4 aliphatic heterocycles. The van der Waals surface area contributed by atoms with Crippen molar-refractivity contribution in [3.63, 3.8) is 0 Å². The molecular formula is C28H40O7. The van der Waals surface area contributed by atoms with Crippen LogP contribution in [0, 0.1) is 23.7 Å². The van der Waals surface area contributed by atoms with E-state index in [1.54, 1.807) is 6.92 Å². The zero-order valence-electron chi connectivity index (χ0n) is 21.5.